The molecule has 0 aliphatic carbocycles. The molecule has 4 heteroatoms. The van der Waals surface area contributed by atoms with Gasteiger partial charge in [0.1, 0.15) is 25.2 Å². The normalized spacial score (nSPS) is 12.5. The molecule has 55 heavy (non-hydrogen) atoms. The standard InChI is InChI=1S/C51H69O3P/c1-46(2,3)37-28-34(29-38(43(37)52-19)47(4,5)6)22-25-55(26-23-35-30-39(48(7,8)9)44(53-20)40(31-35)49(10,11)12)27-24-36-32-41(50(13,14)15)45(54-21)42(33-36)51(16,17)18/h28-33H,1-21H3. The first kappa shape index (κ1) is 45.6. The molecule has 0 aliphatic heterocycles. The van der Waals surface area contributed by atoms with Gasteiger partial charge in [0.15, 0.2) is 0 Å². The molecular formula is C51H69O3P. The third kappa shape index (κ3) is 11.4. The topological polar surface area (TPSA) is 27.7 Å². The molecule has 0 unspecified atom stereocenters. The van der Waals surface area contributed by atoms with E-state index in [4.69, 9.17) is 14.2 Å². The van der Waals surface area contributed by atoms with E-state index in [0.717, 1.165) is 67.3 Å². The smallest absolute Gasteiger partial charge is 0.128 e. The number of benzene rings is 3. The molecule has 3 nitrogen and oxygen atoms in total. The third-order valence-electron chi connectivity index (χ3n) is 9.66. The summed E-state index contributed by atoms with van der Waals surface area (Å²) < 4.78 is 18.1. The van der Waals surface area contributed by atoms with Crippen molar-refractivity contribution in [2.75, 3.05) is 21.3 Å². The van der Waals surface area contributed by atoms with E-state index in [1.165, 1.54) is 0 Å². The van der Waals surface area contributed by atoms with Crippen molar-refractivity contribution in [3.05, 3.63) is 86.5 Å². The van der Waals surface area contributed by atoms with Gasteiger partial charge in [-0.3, -0.25) is 0 Å². The maximum absolute atomic E-state index is 6.05. The monoisotopic (exact) mass is 760 g/mol. The first-order valence-corrected chi connectivity index (χ1v) is 20.8. The zero-order chi connectivity index (χ0) is 42.1. The third-order valence-corrected chi connectivity index (χ3v) is 10.7. The Bertz CT molecular complexity index is 1730. The van der Waals surface area contributed by atoms with Gasteiger partial charge in [0, 0.05) is 50.1 Å². The highest BCUT2D eigenvalue weighted by Gasteiger charge is 2.30. The molecule has 0 radical (unpaired) electrons. The molecule has 0 heterocycles. The average Bonchev–Trinajstić information content (AvgIpc) is 3.04. The van der Waals surface area contributed by atoms with Crippen molar-refractivity contribution >= 4 is 7.92 Å². The predicted molar refractivity (Wildman–Crippen MR) is 239 cm³/mol. The maximum Gasteiger partial charge on any atom is 0.128 e. The number of methoxy groups -OCH3 is 3. The number of rotatable bonds is 3. The van der Waals surface area contributed by atoms with E-state index in [1.807, 2.05) is 0 Å². The fourth-order valence-electron chi connectivity index (χ4n) is 6.55. The van der Waals surface area contributed by atoms with Crippen LogP contribution in [0.5, 0.6) is 17.2 Å². The summed E-state index contributed by atoms with van der Waals surface area (Å²) in [4.78, 5) is 0. The van der Waals surface area contributed by atoms with Crippen molar-refractivity contribution in [1.82, 2.24) is 0 Å². The lowest BCUT2D eigenvalue weighted by molar-refractivity contribution is 0.381. The van der Waals surface area contributed by atoms with E-state index in [1.54, 1.807) is 21.3 Å². The van der Waals surface area contributed by atoms with Crippen LogP contribution in [-0.4, -0.2) is 21.3 Å². The van der Waals surface area contributed by atoms with Crippen molar-refractivity contribution in [1.29, 1.82) is 0 Å². The lowest BCUT2D eigenvalue weighted by Gasteiger charge is -2.29. The highest BCUT2D eigenvalue weighted by Crippen LogP contribution is 2.44. The average molecular weight is 761 g/mol. The van der Waals surface area contributed by atoms with Crippen LogP contribution in [0.2, 0.25) is 0 Å². The van der Waals surface area contributed by atoms with Crippen LogP contribution in [0.4, 0.5) is 0 Å². The summed E-state index contributed by atoms with van der Waals surface area (Å²) in [5, 5.41) is 0. The Hall–Kier alpha value is -3.83. The number of ether oxygens (including phenoxy) is 3. The molecule has 0 spiro atoms. The second-order valence-electron chi connectivity index (χ2n) is 20.9. The van der Waals surface area contributed by atoms with Crippen LogP contribution in [0.1, 0.15) is 175 Å². The van der Waals surface area contributed by atoms with E-state index in [9.17, 15) is 0 Å². The Balaban J connectivity index is 2.43. The Morgan fingerprint density at radius 3 is 0.618 bits per heavy atom. The van der Waals surface area contributed by atoms with E-state index in [0.29, 0.717) is 0 Å². The van der Waals surface area contributed by atoms with Crippen LogP contribution < -0.4 is 14.2 Å². The second-order valence-corrected chi connectivity index (χ2v) is 22.2. The maximum atomic E-state index is 6.05. The Morgan fingerprint density at radius 1 is 0.327 bits per heavy atom. The molecule has 0 bridgehead atoms. The summed E-state index contributed by atoms with van der Waals surface area (Å²) in [6.45, 7) is 40.0. The van der Waals surface area contributed by atoms with Gasteiger partial charge in [-0.25, -0.2) is 0 Å². The van der Waals surface area contributed by atoms with Gasteiger partial charge in [-0.2, -0.15) is 0 Å². The van der Waals surface area contributed by atoms with Crippen LogP contribution >= 0.6 is 7.92 Å². The lowest BCUT2D eigenvalue weighted by Crippen LogP contribution is -2.19. The van der Waals surface area contributed by atoms with Gasteiger partial charge in [0.05, 0.1) is 21.3 Å². The highest BCUT2D eigenvalue weighted by molar-refractivity contribution is 7.72. The molecule has 3 aromatic carbocycles. The van der Waals surface area contributed by atoms with Crippen LogP contribution in [0.15, 0.2) is 36.4 Å². The summed E-state index contributed by atoms with van der Waals surface area (Å²) in [6, 6.07) is 13.1. The van der Waals surface area contributed by atoms with Gasteiger partial charge < -0.3 is 14.2 Å². The van der Waals surface area contributed by atoms with E-state index in [2.05, 4.69) is 196 Å². The Labute approximate surface area is 337 Å². The number of hydrogen-bond acceptors (Lipinski definition) is 3. The quantitative estimate of drug-likeness (QED) is 0.197. The lowest BCUT2D eigenvalue weighted by atomic mass is 9.78. The van der Waals surface area contributed by atoms with Crippen LogP contribution in [0.25, 0.3) is 0 Å². The molecule has 0 atom stereocenters. The summed E-state index contributed by atoms with van der Waals surface area (Å²) in [6.07, 6.45) is 0. The summed E-state index contributed by atoms with van der Waals surface area (Å²) in [7, 11) is 3.92. The first-order valence-electron chi connectivity index (χ1n) is 19.5. The molecule has 296 valence electrons. The fraction of sp³-hybridized carbons (Fsp3) is 0.529. The molecule has 3 rings (SSSR count). The highest BCUT2D eigenvalue weighted by atomic mass is 31.1. The first-order chi connectivity index (χ1) is 24.9. The fourth-order valence-corrected chi connectivity index (χ4v) is 7.44. The predicted octanol–water partition coefficient (Wildman–Crippen LogP) is 13.3. The zero-order valence-corrected chi connectivity index (χ0v) is 39.0. The minimum absolute atomic E-state index is 0.138. The van der Waals surface area contributed by atoms with Crippen molar-refractivity contribution in [2.45, 2.75) is 157 Å². The van der Waals surface area contributed by atoms with E-state index < -0.39 is 7.92 Å². The van der Waals surface area contributed by atoms with Crippen LogP contribution in [0.3, 0.4) is 0 Å². The molecule has 0 saturated carbocycles. The van der Waals surface area contributed by atoms with Gasteiger partial charge in [-0.1, -0.05) is 142 Å². The SMILES string of the molecule is COc1c(C(C)(C)C)cc(C#CP(C#Cc2cc(C(C)(C)C)c(OC)c(C(C)(C)C)c2)C#Cc2cc(C(C)(C)C)c(OC)c(C(C)(C)C)c2)cc1C(C)(C)C. The Kier molecular flexibility index (Phi) is 13.5. The largest absolute Gasteiger partial charge is 0.496 e. The summed E-state index contributed by atoms with van der Waals surface area (Å²) in [5.41, 5.74) is 19.5. The molecule has 0 fully saturated rings. The zero-order valence-electron chi connectivity index (χ0n) is 38.1. The van der Waals surface area contributed by atoms with E-state index >= 15 is 0 Å². The second kappa shape index (κ2) is 16.3. The molecule has 0 N–H and O–H groups in total. The van der Waals surface area contributed by atoms with Crippen LogP contribution in [0, 0.1) is 34.7 Å². The molecule has 3 aromatic rings. The van der Waals surface area contributed by atoms with Gasteiger partial charge >= 0.3 is 0 Å². The van der Waals surface area contributed by atoms with Crippen molar-refractivity contribution in [3.8, 4) is 52.0 Å². The molecule has 0 saturated heterocycles. The molecule has 0 aromatic heterocycles. The summed E-state index contributed by atoms with van der Waals surface area (Å²) in [5.74, 6) is 13.4. The van der Waals surface area contributed by atoms with Gasteiger partial charge in [0.2, 0.25) is 0 Å². The molecule has 0 amide bonds. The Morgan fingerprint density at radius 2 is 0.491 bits per heavy atom. The van der Waals surface area contributed by atoms with Crippen molar-refractivity contribution in [2.24, 2.45) is 0 Å². The van der Waals surface area contributed by atoms with E-state index in [-0.39, 0.29) is 32.5 Å². The van der Waals surface area contributed by atoms with Crippen LogP contribution in [-0.2, 0) is 32.5 Å². The molecule has 0 aliphatic rings. The van der Waals surface area contributed by atoms with Crippen molar-refractivity contribution < 1.29 is 14.2 Å². The van der Waals surface area contributed by atoms with Gasteiger partial charge in [0.25, 0.3) is 0 Å². The van der Waals surface area contributed by atoms with Crippen molar-refractivity contribution in [3.63, 3.8) is 0 Å². The van der Waals surface area contributed by atoms with Gasteiger partial charge in [-0.15, -0.1) is 0 Å². The summed E-state index contributed by atoms with van der Waals surface area (Å²) >= 11 is 0. The van der Waals surface area contributed by atoms with Gasteiger partial charge in [-0.05, 0) is 85.9 Å². The number of hydrogen-bond donors (Lipinski definition) is 0. The molecular weight excluding hydrogens is 692 g/mol. The minimum atomic E-state index is -1.37. The minimum Gasteiger partial charge on any atom is -0.496 e.